The lowest BCUT2D eigenvalue weighted by Gasteiger charge is -2.22. The van der Waals surface area contributed by atoms with Gasteiger partial charge in [0.2, 0.25) is 5.91 Å². The molecule has 0 aromatic rings. The van der Waals surface area contributed by atoms with Crippen molar-refractivity contribution in [2.45, 2.75) is 32.4 Å². The Morgan fingerprint density at radius 1 is 1.47 bits per heavy atom. The zero-order valence-corrected chi connectivity index (χ0v) is 11.1. The molecule has 0 spiro atoms. The van der Waals surface area contributed by atoms with Crippen molar-refractivity contribution < 1.29 is 14.3 Å². The fourth-order valence-corrected chi connectivity index (χ4v) is 1.02. The first-order chi connectivity index (χ1) is 7.78. The zero-order chi connectivity index (χ0) is 13.5. The van der Waals surface area contributed by atoms with Gasteiger partial charge < -0.3 is 15.4 Å². The van der Waals surface area contributed by atoms with Gasteiger partial charge in [-0.3, -0.25) is 4.79 Å². The number of hydrogen-bond acceptors (Lipinski definition) is 3. The number of hydrogen-bond donors (Lipinski definition) is 2. The third-order valence-electron chi connectivity index (χ3n) is 1.63. The van der Waals surface area contributed by atoms with Crippen molar-refractivity contribution in [1.82, 2.24) is 10.6 Å². The lowest BCUT2D eigenvalue weighted by molar-refractivity contribution is -0.118. The van der Waals surface area contributed by atoms with Gasteiger partial charge in [-0.25, -0.2) is 4.79 Å². The van der Waals surface area contributed by atoms with Gasteiger partial charge in [-0.1, -0.05) is 6.08 Å². The first-order valence-corrected chi connectivity index (χ1v) is 5.76. The highest BCUT2D eigenvalue weighted by Gasteiger charge is 2.18. The third kappa shape index (κ3) is 8.56. The van der Waals surface area contributed by atoms with Crippen LogP contribution in [0.5, 0.6) is 0 Å². The van der Waals surface area contributed by atoms with E-state index in [4.69, 9.17) is 16.3 Å². The molecule has 0 bridgehead atoms. The normalized spacial score (nSPS) is 12.5. The molecule has 0 aliphatic heterocycles. The van der Waals surface area contributed by atoms with Crippen LogP contribution < -0.4 is 10.6 Å². The van der Waals surface area contributed by atoms with Crippen LogP contribution in [0.2, 0.25) is 0 Å². The predicted molar refractivity (Wildman–Crippen MR) is 67.1 cm³/mol. The summed E-state index contributed by atoms with van der Waals surface area (Å²) < 4.78 is 5.07. The highest BCUT2D eigenvalue weighted by Crippen LogP contribution is 2.06. The Bertz CT molecular complexity index is 287. The maximum Gasteiger partial charge on any atom is 0.408 e. The molecule has 0 radical (unpaired) electrons. The molecule has 6 heteroatoms. The Kier molecular flexibility index (Phi) is 6.65. The Morgan fingerprint density at radius 3 is 2.47 bits per heavy atom. The quantitative estimate of drug-likeness (QED) is 0.582. The van der Waals surface area contributed by atoms with Gasteiger partial charge in [0.25, 0.3) is 0 Å². The van der Waals surface area contributed by atoms with E-state index in [-0.39, 0.29) is 18.3 Å². The second-order valence-electron chi connectivity index (χ2n) is 4.43. The van der Waals surface area contributed by atoms with E-state index >= 15 is 0 Å². The number of rotatable bonds is 5. The van der Waals surface area contributed by atoms with Gasteiger partial charge in [0, 0.05) is 6.54 Å². The number of amides is 2. The summed E-state index contributed by atoms with van der Waals surface area (Å²) in [5.41, 5.74) is -0.560. The molecular weight excluding hydrogens is 244 g/mol. The molecule has 98 valence electrons. The molecule has 0 rings (SSSR count). The summed E-state index contributed by atoms with van der Waals surface area (Å²) in [6.45, 7) is 9.10. The number of carbonyl (C=O) groups excluding carboxylic acids is 2. The predicted octanol–water partition coefficient (Wildman–Crippen LogP) is 1.42. The highest BCUT2D eigenvalue weighted by molar-refractivity contribution is 6.27. The van der Waals surface area contributed by atoms with E-state index in [0.29, 0.717) is 0 Å². The van der Waals surface area contributed by atoms with Crippen LogP contribution in [-0.2, 0) is 9.53 Å². The Labute approximate surface area is 107 Å². The van der Waals surface area contributed by atoms with Crippen molar-refractivity contribution in [3.05, 3.63) is 12.7 Å². The first kappa shape index (κ1) is 15.8. The molecule has 0 aliphatic rings. The summed E-state index contributed by atoms with van der Waals surface area (Å²) in [4.78, 5) is 22.3. The van der Waals surface area contributed by atoms with E-state index in [2.05, 4.69) is 17.2 Å². The van der Waals surface area contributed by atoms with Crippen LogP contribution in [0, 0.1) is 0 Å². The van der Waals surface area contributed by atoms with Gasteiger partial charge in [-0.05, 0) is 20.8 Å². The molecule has 5 nitrogen and oxygen atoms in total. The van der Waals surface area contributed by atoms with Crippen molar-refractivity contribution in [3.63, 3.8) is 0 Å². The Morgan fingerprint density at radius 2 is 2.06 bits per heavy atom. The number of alkyl halides is 1. The minimum absolute atomic E-state index is 0.115. The second kappa shape index (κ2) is 7.17. The monoisotopic (exact) mass is 262 g/mol. The molecule has 0 aliphatic carbocycles. The smallest absolute Gasteiger partial charge is 0.408 e. The van der Waals surface area contributed by atoms with Gasteiger partial charge in [0.15, 0.2) is 0 Å². The zero-order valence-electron chi connectivity index (χ0n) is 10.4. The molecule has 1 atom stereocenters. The molecule has 0 unspecified atom stereocenters. The molecule has 0 fully saturated rings. The van der Waals surface area contributed by atoms with Gasteiger partial charge in [0.1, 0.15) is 11.5 Å². The van der Waals surface area contributed by atoms with E-state index in [9.17, 15) is 9.59 Å². The summed E-state index contributed by atoms with van der Waals surface area (Å²) in [5, 5.41) is 5.10. The number of carbonyl (C=O) groups is 2. The minimum atomic E-state index is -0.560. The van der Waals surface area contributed by atoms with Gasteiger partial charge in [-0.2, -0.15) is 0 Å². The highest BCUT2D eigenvalue weighted by atomic mass is 35.5. The molecule has 0 aromatic heterocycles. The van der Waals surface area contributed by atoms with Crippen LogP contribution in [0.15, 0.2) is 12.7 Å². The fraction of sp³-hybridized carbons (Fsp3) is 0.636. The first-order valence-electron chi connectivity index (χ1n) is 5.23. The minimum Gasteiger partial charge on any atom is -0.444 e. The van der Waals surface area contributed by atoms with Crippen LogP contribution in [0.25, 0.3) is 0 Å². The van der Waals surface area contributed by atoms with Crippen molar-refractivity contribution >= 4 is 23.6 Å². The molecule has 0 saturated carbocycles. The molecule has 17 heavy (non-hydrogen) atoms. The Balaban J connectivity index is 4.09. The average Bonchev–Trinajstić information content (AvgIpc) is 2.20. The van der Waals surface area contributed by atoms with Crippen molar-refractivity contribution in [2.24, 2.45) is 0 Å². The SMILES string of the molecule is C=C[C@H](CNC(=O)CCl)NC(=O)OC(C)(C)C. The van der Waals surface area contributed by atoms with Crippen LogP contribution in [0.4, 0.5) is 4.79 Å². The summed E-state index contributed by atoms with van der Waals surface area (Å²) in [6, 6.07) is -0.392. The maximum absolute atomic E-state index is 11.4. The van der Waals surface area contributed by atoms with E-state index in [1.54, 1.807) is 20.8 Å². The maximum atomic E-state index is 11.4. The molecule has 0 saturated heterocycles. The van der Waals surface area contributed by atoms with Crippen LogP contribution >= 0.6 is 11.6 Å². The van der Waals surface area contributed by atoms with Crippen LogP contribution in [0.3, 0.4) is 0 Å². The number of halogens is 1. The summed E-state index contributed by atoms with van der Waals surface area (Å²) in [6.07, 6.45) is 0.959. The average molecular weight is 263 g/mol. The van der Waals surface area contributed by atoms with Crippen molar-refractivity contribution in [2.75, 3.05) is 12.4 Å². The number of nitrogens with one attached hydrogen (secondary N) is 2. The molecule has 2 amide bonds. The van der Waals surface area contributed by atoms with Gasteiger partial charge in [0.05, 0.1) is 6.04 Å². The molecule has 2 N–H and O–H groups in total. The topological polar surface area (TPSA) is 67.4 Å². The summed E-state index contributed by atoms with van der Waals surface area (Å²) in [7, 11) is 0. The van der Waals surface area contributed by atoms with Gasteiger partial charge in [-0.15, -0.1) is 18.2 Å². The van der Waals surface area contributed by atoms with E-state index in [0.717, 1.165) is 0 Å². The molecule has 0 heterocycles. The lowest BCUT2D eigenvalue weighted by atomic mass is 10.2. The third-order valence-corrected chi connectivity index (χ3v) is 1.87. The van der Waals surface area contributed by atoms with Gasteiger partial charge >= 0.3 is 6.09 Å². The standard InChI is InChI=1S/C11H19ClN2O3/c1-5-8(7-13-9(15)6-12)14-10(16)17-11(2,3)4/h5,8H,1,6-7H2,2-4H3,(H,13,15)(H,14,16)/t8-/m1/s1. The number of ether oxygens (including phenoxy) is 1. The summed E-state index contributed by atoms with van der Waals surface area (Å²) >= 11 is 5.32. The summed E-state index contributed by atoms with van der Waals surface area (Å²) in [5.74, 6) is -0.416. The number of alkyl carbamates (subject to hydrolysis) is 1. The Hall–Kier alpha value is -1.23. The molecular formula is C11H19ClN2O3. The largest absolute Gasteiger partial charge is 0.444 e. The van der Waals surface area contributed by atoms with E-state index in [1.165, 1.54) is 6.08 Å². The fourth-order valence-electron chi connectivity index (χ4n) is 0.923. The van der Waals surface area contributed by atoms with Crippen molar-refractivity contribution in [3.8, 4) is 0 Å². The van der Waals surface area contributed by atoms with Crippen LogP contribution in [0.1, 0.15) is 20.8 Å². The lowest BCUT2D eigenvalue weighted by Crippen LogP contribution is -2.44. The van der Waals surface area contributed by atoms with Crippen molar-refractivity contribution in [1.29, 1.82) is 0 Å². The second-order valence-corrected chi connectivity index (χ2v) is 4.69. The molecule has 0 aromatic carbocycles. The van der Waals surface area contributed by atoms with E-state index in [1.807, 2.05) is 0 Å². The van der Waals surface area contributed by atoms with E-state index < -0.39 is 17.7 Å². The van der Waals surface area contributed by atoms with Crippen LogP contribution in [-0.4, -0.2) is 36.1 Å².